The molecule has 0 aliphatic carbocycles. The Labute approximate surface area is 107 Å². The van der Waals surface area contributed by atoms with Gasteiger partial charge in [0.15, 0.2) is 0 Å². The lowest BCUT2D eigenvalue weighted by molar-refractivity contribution is 0.102. The van der Waals surface area contributed by atoms with Gasteiger partial charge >= 0.3 is 0 Å². The van der Waals surface area contributed by atoms with E-state index in [2.05, 4.69) is 5.32 Å². The van der Waals surface area contributed by atoms with Gasteiger partial charge in [-0.15, -0.1) is 0 Å². The molecular formula is C13H10NO3S-. The molecule has 18 heavy (non-hydrogen) atoms. The molecule has 0 aliphatic heterocycles. The lowest BCUT2D eigenvalue weighted by Gasteiger charge is -2.11. The summed E-state index contributed by atoms with van der Waals surface area (Å²) in [5, 5.41) is 2.64. The Bertz CT molecular complexity index is 584. The van der Waals surface area contributed by atoms with E-state index < -0.39 is 17.0 Å². The highest BCUT2D eigenvalue weighted by molar-refractivity contribution is 7.79. The Balaban J connectivity index is 2.27. The second-order valence-corrected chi connectivity index (χ2v) is 4.46. The van der Waals surface area contributed by atoms with Crippen molar-refractivity contribution >= 4 is 22.7 Å². The van der Waals surface area contributed by atoms with Crippen molar-refractivity contribution in [3.05, 3.63) is 60.2 Å². The van der Waals surface area contributed by atoms with Crippen molar-refractivity contribution in [2.75, 3.05) is 5.32 Å². The van der Waals surface area contributed by atoms with Crippen molar-refractivity contribution in [1.82, 2.24) is 0 Å². The van der Waals surface area contributed by atoms with E-state index in [0.717, 1.165) is 0 Å². The first-order valence-corrected chi connectivity index (χ1v) is 6.30. The van der Waals surface area contributed by atoms with Gasteiger partial charge < -0.3 is 9.87 Å². The Kier molecular flexibility index (Phi) is 3.86. The van der Waals surface area contributed by atoms with Gasteiger partial charge in [-0.25, -0.2) is 0 Å². The summed E-state index contributed by atoms with van der Waals surface area (Å²) in [5.74, 6) is -0.444. The Morgan fingerprint density at radius 3 is 2.28 bits per heavy atom. The van der Waals surface area contributed by atoms with Gasteiger partial charge in [-0.05, 0) is 35.3 Å². The minimum Gasteiger partial charge on any atom is -0.768 e. The van der Waals surface area contributed by atoms with E-state index in [4.69, 9.17) is 0 Å². The monoisotopic (exact) mass is 260 g/mol. The molecule has 0 heterocycles. The maximum atomic E-state index is 12.0. The zero-order valence-corrected chi connectivity index (χ0v) is 10.1. The summed E-state index contributed by atoms with van der Waals surface area (Å²) in [6, 6.07) is 14.9. The van der Waals surface area contributed by atoms with Crippen molar-refractivity contribution in [1.29, 1.82) is 0 Å². The summed E-state index contributed by atoms with van der Waals surface area (Å²) in [5.41, 5.74) is 0.753. The van der Waals surface area contributed by atoms with E-state index in [1.165, 1.54) is 12.1 Å². The summed E-state index contributed by atoms with van der Waals surface area (Å²) in [6.07, 6.45) is 0. The van der Waals surface area contributed by atoms with Gasteiger partial charge in [-0.2, -0.15) is 0 Å². The van der Waals surface area contributed by atoms with Gasteiger partial charge in [0.05, 0.1) is 5.56 Å². The minimum atomic E-state index is -2.43. The van der Waals surface area contributed by atoms with Crippen LogP contribution in [0.1, 0.15) is 10.4 Å². The fraction of sp³-hybridized carbons (Fsp3) is 0. The van der Waals surface area contributed by atoms with Crippen LogP contribution < -0.4 is 5.32 Å². The molecule has 2 rings (SSSR count). The lowest BCUT2D eigenvalue weighted by Crippen LogP contribution is -2.14. The highest BCUT2D eigenvalue weighted by Crippen LogP contribution is 2.15. The molecule has 0 spiro atoms. The van der Waals surface area contributed by atoms with E-state index in [1.807, 2.05) is 6.07 Å². The van der Waals surface area contributed by atoms with Crippen LogP contribution in [0.5, 0.6) is 0 Å². The average molecular weight is 260 g/mol. The maximum Gasteiger partial charge on any atom is 0.256 e. The normalized spacial score (nSPS) is 11.8. The number of carbonyl (C=O) groups excluding carboxylic acids is 1. The van der Waals surface area contributed by atoms with E-state index in [9.17, 15) is 13.6 Å². The minimum absolute atomic E-state index is 0.00840. The molecule has 1 amide bonds. The SMILES string of the molecule is O=C(Nc1ccccc1)c1ccccc1S(=O)[O-]. The highest BCUT2D eigenvalue weighted by Gasteiger charge is 2.11. The predicted molar refractivity (Wildman–Crippen MR) is 68.0 cm³/mol. The molecule has 1 N–H and O–H groups in total. The van der Waals surface area contributed by atoms with Gasteiger partial charge in [-0.1, -0.05) is 30.3 Å². The number of rotatable bonds is 3. The molecule has 92 valence electrons. The molecule has 0 radical (unpaired) electrons. The van der Waals surface area contributed by atoms with Crippen LogP contribution in [-0.2, 0) is 11.1 Å². The number of amides is 1. The first-order chi connectivity index (χ1) is 8.68. The van der Waals surface area contributed by atoms with Crippen LogP contribution in [0.4, 0.5) is 5.69 Å². The third-order valence-corrected chi connectivity index (χ3v) is 3.06. The summed E-state index contributed by atoms with van der Waals surface area (Å²) in [7, 11) is 0. The third kappa shape index (κ3) is 2.82. The molecule has 1 atom stereocenters. The summed E-state index contributed by atoms with van der Waals surface area (Å²) in [4.78, 5) is 11.9. The molecule has 5 heteroatoms. The number of anilines is 1. The Morgan fingerprint density at radius 2 is 1.61 bits per heavy atom. The highest BCUT2D eigenvalue weighted by atomic mass is 32.2. The molecule has 0 fully saturated rings. The smallest absolute Gasteiger partial charge is 0.256 e. The zero-order chi connectivity index (χ0) is 13.0. The molecule has 0 saturated heterocycles. The van der Waals surface area contributed by atoms with E-state index in [-0.39, 0.29) is 10.5 Å². The molecule has 0 saturated carbocycles. The summed E-state index contributed by atoms with van der Waals surface area (Å²) < 4.78 is 22.0. The van der Waals surface area contributed by atoms with Crippen LogP contribution in [0.2, 0.25) is 0 Å². The van der Waals surface area contributed by atoms with Crippen LogP contribution in [0.25, 0.3) is 0 Å². The second kappa shape index (κ2) is 5.57. The molecule has 2 aromatic carbocycles. The van der Waals surface area contributed by atoms with Gasteiger partial charge in [0.25, 0.3) is 5.91 Å². The molecule has 1 unspecified atom stereocenters. The number of nitrogens with one attached hydrogen (secondary N) is 1. The van der Waals surface area contributed by atoms with Crippen LogP contribution in [0.3, 0.4) is 0 Å². The maximum absolute atomic E-state index is 12.0. The van der Waals surface area contributed by atoms with E-state index >= 15 is 0 Å². The van der Waals surface area contributed by atoms with Gasteiger partial charge in [0.1, 0.15) is 0 Å². The summed E-state index contributed by atoms with van der Waals surface area (Å²) >= 11 is -2.43. The zero-order valence-electron chi connectivity index (χ0n) is 9.33. The molecule has 4 nitrogen and oxygen atoms in total. The van der Waals surface area contributed by atoms with Crippen molar-refractivity contribution in [2.45, 2.75) is 4.90 Å². The van der Waals surface area contributed by atoms with Crippen molar-refractivity contribution in [3.63, 3.8) is 0 Å². The van der Waals surface area contributed by atoms with Gasteiger partial charge in [0, 0.05) is 10.6 Å². The number of hydrogen-bond acceptors (Lipinski definition) is 3. The second-order valence-electron chi connectivity index (χ2n) is 3.55. The topological polar surface area (TPSA) is 69.2 Å². The van der Waals surface area contributed by atoms with E-state index in [1.54, 1.807) is 36.4 Å². The standard InChI is InChI=1S/C13H11NO3S/c15-13(14-10-6-2-1-3-7-10)11-8-4-5-9-12(11)18(16)17/h1-9H,(H,14,15)(H,16,17)/p-1. The summed E-state index contributed by atoms with van der Waals surface area (Å²) in [6.45, 7) is 0. The Morgan fingerprint density at radius 1 is 1.00 bits per heavy atom. The largest absolute Gasteiger partial charge is 0.768 e. The predicted octanol–water partition coefficient (Wildman–Crippen LogP) is 2.18. The van der Waals surface area contributed by atoms with Gasteiger partial charge in [0.2, 0.25) is 0 Å². The lowest BCUT2D eigenvalue weighted by atomic mass is 10.2. The van der Waals surface area contributed by atoms with Crippen molar-refractivity contribution in [2.24, 2.45) is 0 Å². The van der Waals surface area contributed by atoms with Crippen LogP contribution >= 0.6 is 0 Å². The average Bonchev–Trinajstić information content (AvgIpc) is 2.40. The van der Waals surface area contributed by atoms with Crippen LogP contribution in [-0.4, -0.2) is 14.7 Å². The molecule has 2 aromatic rings. The first-order valence-electron chi connectivity index (χ1n) is 5.23. The fourth-order valence-corrected chi connectivity index (χ4v) is 2.05. The molecule has 0 aliphatic rings. The quantitative estimate of drug-likeness (QED) is 0.860. The number of para-hydroxylation sites is 1. The number of benzene rings is 2. The van der Waals surface area contributed by atoms with E-state index in [0.29, 0.717) is 5.69 Å². The fourth-order valence-electron chi connectivity index (χ4n) is 1.52. The van der Waals surface area contributed by atoms with Gasteiger partial charge in [-0.3, -0.25) is 9.00 Å². The van der Waals surface area contributed by atoms with Crippen LogP contribution in [0, 0.1) is 0 Å². The van der Waals surface area contributed by atoms with Crippen molar-refractivity contribution < 1.29 is 13.6 Å². The molecule has 0 aromatic heterocycles. The molecular weight excluding hydrogens is 250 g/mol. The third-order valence-electron chi connectivity index (χ3n) is 2.34. The first kappa shape index (κ1) is 12.5. The number of hydrogen-bond donors (Lipinski definition) is 1. The number of carbonyl (C=O) groups is 1. The molecule has 0 bridgehead atoms. The Hall–Kier alpha value is -1.98. The van der Waals surface area contributed by atoms with Crippen LogP contribution in [0.15, 0.2) is 59.5 Å². The van der Waals surface area contributed by atoms with Crippen molar-refractivity contribution in [3.8, 4) is 0 Å².